The van der Waals surface area contributed by atoms with Gasteiger partial charge in [-0.3, -0.25) is 9.59 Å². The third-order valence-corrected chi connectivity index (χ3v) is 8.51. The van der Waals surface area contributed by atoms with Gasteiger partial charge in [-0.2, -0.15) is 5.26 Å². The molecule has 2 aliphatic carbocycles. The van der Waals surface area contributed by atoms with Crippen molar-refractivity contribution < 1.29 is 19.1 Å². The van der Waals surface area contributed by atoms with Gasteiger partial charge in [0.2, 0.25) is 0 Å². The topological polar surface area (TPSA) is 117 Å². The largest absolute Gasteiger partial charge is 0.490 e. The first-order valence-electron chi connectivity index (χ1n) is 14.4. The van der Waals surface area contributed by atoms with E-state index in [0.717, 1.165) is 70.3 Å². The van der Waals surface area contributed by atoms with E-state index in [1.165, 1.54) is 0 Å². The van der Waals surface area contributed by atoms with Crippen LogP contribution in [-0.2, 0) is 9.53 Å². The Hall–Kier alpha value is -3.22. The van der Waals surface area contributed by atoms with Gasteiger partial charge in [0.05, 0.1) is 22.8 Å². The van der Waals surface area contributed by atoms with Gasteiger partial charge in [0.15, 0.2) is 11.5 Å². The van der Waals surface area contributed by atoms with Gasteiger partial charge in [0.1, 0.15) is 17.6 Å². The van der Waals surface area contributed by atoms with E-state index in [1.54, 1.807) is 24.3 Å². The van der Waals surface area contributed by atoms with Gasteiger partial charge >= 0.3 is 0 Å². The van der Waals surface area contributed by atoms with Crippen LogP contribution < -0.4 is 15.0 Å². The molecule has 9 nitrogen and oxygen atoms in total. The number of rotatable bonds is 8. The van der Waals surface area contributed by atoms with Crippen molar-refractivity contribution in [2.24, 2.45) is 5.92 Å². The normalized spacial score (nSPS) is 23.9. The van der Waals surface area contributed by atoms with E-state index in [2.05, 4.69) is 20.4 Å². The van der Waals surface area contributed by atoms with Crippen LogP contribution in [0, 0.1) is 17.2 Å². The highest BCUT2D eigenvalue weighted by atomic mass is 35.5. The number of carbonyl (C=O) groups excluding carboxylic acids is 2. The number of Topliss-reactive ketones (excluding diaryl/α,β-unsaturated/α-hetero) is 1. The highest BCUT2D eigenvalue weighted by Crippen LogP contribution is 2.28. The molecule has 1 atom stereocenters. The lowest BCUT2D eigenvalue weighted by Gasteiger charge is -2.33. The summed E-state index contributed by atoms with van der Waals surface area (Å²) in [4.78, 5) is 26.7. The summed E-state index contributed by atoms with van der Waals surface area (Å²) in [5, 5.41) is 21.1. The Balaban J connectivity index is 1.02. The molecule has 2 aromatic rings. The molecule has 0 bridgehead atoms. The average Bonchev–Trinajstić information content (AvgIpc) is 2.98. The standard InChI is InChI=1S/C30H36ClN5O4/c31-27-17-26(7-4-21(27)18-32)40-24-8-5-22(6-9-24)33-30(38)28-10-11-29(35-34-28)36-14-12-20(13-15-36)19-39-25-3-1-2-23(37)16-25/h4,7,10-11,17,20,22,24-25H,1-3,5-6,8-9,12-16,19H2,(H,33,38)/t22?,24?,25-/m1/s1. The zero-order valence-electron chi connectivity index (χ0n) is 22.7. The number of nitriles is 1. The number of ether oxygens (including phenoxy) is 2. The number of piperidine rings is 1. The summed E-state index contributed by atoms with van der Waals surface area (Å²) in [5.41, 5.74) is 0.747. The number of hydrogen-bond acceptors (Lipinski definition) is 8. The minimum atomic E-state index is -0.209. The molecule has 0 unspecified atom stereocenters. The van der Waals surface area contributed by atoms with E-state index < -0.39 is 0 Å². The molecule has 10 heteroatoms. The van der Waals surface area contributed by atoms with E-state index in [4.69, 9.17) is 26.3 Å². The molecule has 0 spiro atoms. The maximum absolute atomic E-state index is 12.8. The van der Waals surface area contributed by atoms with Crippen molar-refractivity contribution in [3.63, 3.8) is 0 Å². The lowest BCUT2D eigenvalue weighted by atomic mass is 9.93. The first-order valence-corrected chi connectivity index (χ1v) is 14.7. The number of ketones is 1. The van der Waals surface area contributed by atoms with E-state index >= 15 is 0 Å². The highest BCUT2D eigenvalue weighted by molar-refractivity contribution is 6.31. The van der Waals surface area contributed by atoms with Crippen LogP contribution in [0.2, 0.25) is 5.02 Å². The Bertz CT molecular complexity index is 1220. The molecule has 5 rings (SSSR count). The second-order valence-electron chi connectivity index (χ2n) is 11.1. The number of halogens is 1. The van der Waals surface area contributed by atoms with Crippen molar-refractivity contribution in [2.75, 3.05) is 24.6 Å². The van der Waals surface area contributed by atoms with Crippen LogP contribution in [0.5, 0.6) is 5.75 Å². The molecule has 1 amide bonds. The van der Waals surface area contributed by atoms with Gasteiger partial charge in [0.25, 0.3) is 5.91 Å². The first-order chi connectivity index (χ1) is 19.5. The Morgan fingerprint density at radius 2 is 1.85 bits per heavy atom. The minimum absolute atomic E-state index is 0.0448. The molecule has 2 heterocycles. The second-order valence-corrected chi connectivity index (χ2v) is 11.5. The van der Waals surface area contributed by atoms with Crippen LogP contribution in [0.3, 0.4) is 0 Å². The molecule has 1 N–H and O–H groups in total. The smallest absolute Gasteiger partial charge is 0.272 e. The summed E-state index contributed by atoms with van der Waals surface area (Å²) >= 11 is 6.11. The molecule has 1 aromatic heterocycles. The molecule has 0 radical (unpaired) electrons. The van der Waals surface area contributed by atoms with Gasteiger partial charge in [-0.25, -0.2) is 0 Å². The van der Waals surface area contributed by atoms with Crippen LogP contribution in [0.15, 0.2) is 30.3 Å². The molecule has 2 saturated carbocycles. The summed E-state index contributed by atoms with van der Waals surface area (Å²) < 4.78 is 12.1. The summed E-state index contributed by atoms with van der Waals surface area (Å²) in [5.74, 6) is 2.05. The van der Waals surface area contributed by atoms with Gasteiger partial charge in [-0.05, 0) is 81.5 Å². The predicted molar refractivity (Wildman–Crippen MR) is 150 cm³/mol. The number of amides is 1. The van der Waals surface area contributed by atoms with E-state index in [1.807, 2.05) is 12.1 Å². The maximum atomic E-state index is 12.8. The zero-order chi connectivity index (χ0) is 27.9. The molecule has 40 heavy (non-hydrogen) atoms. The van der Waals surface area contributed by atoms with Crippen molar-refractivity contribution in [3.05, 3.63) is 46.6 Å². The Labute approximate surface area is 240 Å². The number of benzene rings is 1. The summed E-state index contributed by atoms with van der Waals surface area (Å²) in [6.45, 7) is 2.46. The van der Waals surface area contributed by atoms with E-state index in [0.29, 0.717) is 53.2 Å². The molecule has 1 aromatic carbocycles. The Morgan fingerprint density at radius 3 is 2.52 bits per heavy atom. The Kier molecular flexibility index (Phi) is 9.50. The van der Waals surface area contributed by atoms with Gasteiger partial charge in [0, 0.05) is 44.6 Å². The number of nitrogens with one attached hydrogen (secondary N) is 1. The highest BCUT2D eigenvalue weighted by Gasteiger charge is 2.26. The summed E-state index contributed by atoms with van der Waals surface area (Å²) in [6, 6.07) is 10.8. The van der Waals surface area contributed by atoms with E-state index in [-0.39, 0.29) is 24.2 Å². The predicted octanol–water partition coefficient (Wildman–Crippen LogP) is 4.87. The maximum Gasteiger partial charge on any atom is 0.272 e. The average molecular weight is 566 g/mol. The van der Waals surface area contributed by atoms with Crippen molar-refractivity contribution in [1.82, 2.24) is 15.5 Å². The number of aromatic nitrogens is 2. The summed E-state index contributed by atoms with van der Waals surface area (Å²) in [6.07, 6.45) is 8.61. The van der Waals surface area contributed by atoms with Crippen LogP contribution in [0.1, 0.15) is 80.3 Å². The molecular formula is C30H36ClN5O4. The molecule has 3 fully saturated rings. The van der Waals surface area contributed by atoms with Gasteiger partial charge in [-0.15, -0.1) is 10.2 Å². The fraction of sp³-hybridized carbons (Fsp3) is 0.567. The number of hydrogen-bond donors (Lipinski definition) is 1. The number of carbonyl (C=O) groups is 2. The SMILES string of the molecule is N#Cc1ccc(OC2CCC(NC(=O)c3ccc(N4CCC(CO[C@@H]5CCCC(=O)C5)CC4)nn3)CC2)cc1Cl. The summed E-state index contributed by atoms with van der Waals surface area (Å²) in [7, 11) is 0. The number of anilines is 1. The van der Waals surface area contributed by atoms with Crippen molar-refractivity contribution >= 4 is 29.1 Å². The van der Waals surface area contributed by atoms with Crippen LogP contribution in [0.4, 0.5) is 5.82 Å². The third kappa shape index (κ3) is 7.49. The van der Waals surface area contributed by atoms with Gasteiger partial charge in [-0.1, -0.05) is 11.6 Å². The third-order valence-electron chi connectivity index (χ3n) is 8.20. The minimum Gasteiger partial charge on any atom is -0.490 e. The zero-order valence-corrected chi connectivity index (χ0v) is 23.4. The lowest BCUT2D eigenvalue weighted by molar-refractivity contribution is -0.125. The monoisotopic (exact) mass is 565 g/mol. The molecular weight excluding hydrogens is 530 g/mol. The van der Waals surface area contributed by atoms with Crippen molar-refractivity contribution in [3.8, 4) is 11.8 Å². The van der Waals surface area contributed by atoms with Gasteiger partial charge < -0.3 is 19.7 Å². The molecule has 3 aliphatic rings. The van der Waals surface area contributed by atoms with E-state index in [9.17, 15) is 9.59 Å². The van der Waals surface area contributed by atoms with Crippen LogP contribution in [0.25, 0.3) is 0 Å². The van der Waals surface area contributed by atoms with Crippen LogP contribution >= 0.6 is 11.6 Å². The second kappa shape index (κ2) is 13.4. The molecule has 212 valence electrons. The van der Waals surface area contributed by atoms with Crippen molar-refractivity contribution in [2.45, 2.75) is 82.5 Å². The fourth-order valence-electron chi connectivity index (χ4n) is 5.78. The first kappa shape index (κ1) is 28.3. The fourth-order valence-corrected chi connectivity index (χ4v) is 5.99. The number of nitrogens with zero attached hydrogens (tertiary/aromatic N) is 4. The lowest BCUT2D eigenvalue weighted by Crippen LogP contribution is -2.40. The quantitative estimate of drug-likeness (QED) is 0.482. The Morgan fingerprint density at radius 1 is 1.05 bits per heavy atom. The molecule has 1 saturated heterocycles. The molecule has 1 aliphatic heterocycles. The van der Waals surface area contributed by atoms with Crippen molar-refractivity contribution in [1.29, 1.82) is 5.26 Å². The van der Waals surface area contributed by atoms with Crippen LogP contribution in [-0.4, -0.2) is 59.8 Å².